The molecule has 0 radical (unpaired) electrons. The predicted octanol–water partition coefficient (Wildman–Crippen LogP) is 4.80. The molecule has 0 aliphatic carbocycles. The number of carbonyl (C=O) groups excluding carboxylic acids is 2. The molecule has 1 amide bonds. The number of rotatable bonds is 9. The number of ether oxygens (including phenoxy) is 1. The second-order valence-corrected chi connectivity index (χ2v) is 9.24. The van der Waals surface area contributed by atoms with Gasteiger partial charge in [-0.2, -0.15) is 0 Å². The molecule has 0 bridgehead atoms. The van der Waals surface area contributed by atoms with E-state index in [0.717, 1.165) is 6.42 Å². The Morgan fingerprint density at radius 3 is 2.27 bits per heavy atom. The van der Waals surface area contributed by atoms with Crippen LogP contribution in [0.2, 0.25) is 0 Å². The van der Waals surface area contributed by atoms with Crippen molar-refractivity contribution in [3.8, 4) is 0 Å². The van der Waals surface area contributed by atoms with E-state index in [-0.39, 0.29) is 16.1 Å². The van der Waals surface area contributed by atoms with Crippen molar-refractivity contribution in [3.63, 3.8) is 0 Å². The molecule has 33 heavy (non-hydrogen) atoms. The van der Waals surface area contributed by atoms with Crippen molar-refractivity contribution in [1.82, 2.24) is 0 Å². The number of carbonyl (C=O) groups is 2. The van der Waals surface area contributed by atoms with E-state index in [2.05, 4.69) is 23.9 Å². The quantitative estimate of drug-likeness (QED) is 0.441. The van der Waals surface area contributed by atoms with Gasteiger partial charge in [0, 0.05) is 11.4 Å². The van der Waals surface area contributed by atoms with Crippen molar-refractivity contribution in [2.75, 3.05) is 16.6 Å². The first-order valence-electron chi connectivity index (χ1n) is 10.5. The largest absolute Gasteiger partial charge is 0.452 e. The molecule has 1 atom stereocenters. The number of sulfonamides is 1. The first kappa shape index (κ1) is 24.0. The van der Waals surface area contributed by atoms with Crippen molar-refractivity contribution < 1.29 is 22.7 Å². The fourth-order valence-electron chi connectivity index (χ4n) is 3.07. The minimum Gasteiger partial charge on any atom is -0.452 e. The van der Waals surface area contributed by atoms with Gasteiger partial charge in [0.25, 0.3) is 15.9 Å². The van der Waals surface area contributed by atoms with Gasteiger partial charge in [0.2, 0.25) is 0 Å². The lowest BCUT2D eigenvalue weighted by atomic mass is 9.99. The van der Waals surface area contributed by atoms with E-state index < -0.39 is 28.5 Å². The molecule has 0 heterocycles. The maximum absolute atomic E-state index is 12.5. The van der Waals surface area contributed by atoms with E-state index in [0.29, 0.717) is 11.6 Å². The first-order valence-corrected chi connectivity index (χ1v) is 12.0. The van der Waals surface area contributed by atoms with Crippen molar-refractivity contribution >= 4 is 33.3 Å². The molecule has 3 aromatic carbocycles. The zero-order chi connectivity index (χ0) is 23.8. The highest BCUT2D eigenvalue weighted by molar-refractivity contribution is 7.92. The number of anilines is 2. The predicted molar refractivity (Wildman–Crippen MR) is 128 cm³/mol. The van der Waals surface area contributed by atoms with Gasteiger partial charge < -0.3 is 10.1 Å². The minimum absolute atomic E-state index is 0.104. The van der Waals surface area contributed by atoms with Crippen LogP contribution in [-0.2, 0) is 19.6 Å². The van der Waals surface area contributed by atoms with Gasteiger partial charge in [-0.15, -0.1) is 0 Å². The number of benzene rings is 3. The van der Waals surface area contributed by atoms with Gasteiger partial charge in [-0.05, 0) is 60.4 Å². The van der Waals surface area contributed by atoms with Crippen LogP contribution in [0.4, 0.5) is 11.4 Å². The summed E-state index contributed by atoms with van der Waals surface area (Å²) in [6.07, 6.45) is 1.02. The minimum atomic E-state index is -3.79. The molecule has 3 aromatic rings. The fraction of sp³-hybridized carbons (Fsp3) is 0.200. The highest BCUT2D eigenvalue weighted by Gasteiger charge is 2.16. The zero-order valence-electron chi connectivity index (χ0n) is 18.4. The van der Waals surface area contributed by atoms with E-state index in [1.807, 2.05) is 24.3 Å². The van der Waals surface area contributed by atoms with Crippen molar-refractivity contribution in [2.45, 2.75) is 31.1 Å². The van der Waals surface area contributed by atoms with Crippen LogP contribution >= 0.6 is 0 Å². The molecule has 2 N–H and O–H groups in total. The standard InChI is InChI=1S/C25H26N2O5S/c1-3-18(2)19-12-14-21(15-13-19)26-24(28)17-32-25(29)20-8-7-9-22(16-20)27-33(30,31)23-10-5-4-6-11-23/h4-16,18,27H,3,17H2,1-2H3,(H,26,28). The van der Waals surface area contributed by atoms with Crippen LogP contribution in [0.5, 0.6) is 0 Å². The Morgan fingerprint density at radius 2 is 1.61 bits per heavy atom. The fourth-order valence-corrected chi connectivity index (χ4v) is 4.14. The first-order chi connectivity index (χ1) is 15.8. The van der Waals surface area contributed by atoms with E-state index in [1.165, 1.54) is 42.0 Å². The lowest BCUT2D eigenvalue weighted by Gasteiger charge is -2.11. The van der Waals surface area contributed by atoms with Gasteiger partial charge in [-0.1, -0.05) is 50.2 Å². The van der Waals surface area contributed by atoms with Gasteiger partial charge in [0.1, 0.15) is 0 Å². The van der Waals surface area contributed by atoms with Crippen molar-refractivity contribution in [3.05, 3.63) is 90.0 Å². The molecular formula is C25H26N2O5S. The molecule has 0 saturated carbocycles. The third kappa shape index (κ3) is 6.66. The highest BCUT2D eigenvalue weighted by Crippen LogP contribution is 2.21. The summed E-state index contributed by atoms with van der Waals surface area (Å²) in [4.78, 5) is 24.6. The maximum atomic E-state index is 12.5. The molecule has 7 nitrogen and oxygen atoms in total. The summed E-state index contributed by atoms with van der Waals surface area (Å²) < 4.78 is 32.4. The molecule has 0 fully saturated rings. The van der Waals surface area contributed by atoms with Crippen LogP contribution in [0.1, 0.15) is 42.1 Å². The molecule has 0 aromatic heterocycles. The van der Waals surface area contributed by atoms with E-state index in [9.17, 15) is 18.0 Å². The van der Waals surface area contributed by atoms with Gasteiger partial charge >= 0.3 is 5.97 Å². The van der Waals surface area contributed by atoms with Crippen LogP contribution in [-0.4, -0.2) is 26.9 Å². The Bertz CT molecular complexity index is 1210. The van der Waals surface area contributed by atoms with Crippen LogP contribution < -0.4 is 10.0 Å². The normalized spacial score (nSPS) is 11.9. The molecule has 0 aliphatic heterocycles. The molecule has 3 rings (SSSR count). The highest BCUT2D eigenvalue weighted by atomic mass is 32.2. The summed E-state index contributed by atoms with van der Waals surface area (Å²) in [6.45, 7) is 3.78. The van der Waals surface area contributed by atoms with Gasteiger partial charge in [0.05, 0.1) is 10.5 Å². The van der Waals surface area contributed by atoms with Crippen LogP contribution in [0.25, 0.3) is 0 Å². The monoisotopic (exact) mass is 466 g/mol. The van der Waals surface area contributed by atoms with Crippen LogP contribution in [0.15, 0.2) is 83.8 Å². The van der Waals surface area contributed by atoms with Gasteiger partial charge in [-0.3, -0.25) is 9.52 Å². The maximum Gasteiger partial charge on any atom is 0.338 e. The topological polar surface area (TPSA) is 102 Å². The third-order valence-corrected chi connectivity index (χ3v) is 6.51. The lowest BCUT2D eigenvalue weighted by molar-refractivity contribution is -0.119. The SMILES string of the molecule is CCC(C)c1ccc(NC(=O)COC(=O)c2cccc(NS(=O)(=O)c3ccccc3)c2)cc1. The summed E-state index contributed by atoms with van der Waals surface area (Å²) in [6, 6.07) is 21.3. The average Bonchev–Trinajstić information content (AvgIpc) is 2.83. The Kier molecular flexibility index (Phi) is 7.84. The summed E-state index contributed by atoms with van der Waals surface area (Å²) in [5.74, 6) is -0.776. The van der Waals surface area contributed by atoms with E-state index >= 15 is 0 Å². The van der Waals surface area contributed by atoms with E-state index in [1.54, 1.807) is 18.2 Å². The number of hydrogen-bond acceptors (Lipinski definition) is 5. The third-order valence-electron chi connectivity index (χ3n) is 5.11. The second kappa shape index (κ2) is 10.8. The summed E-state index contributed by atoms with van der Waals surface area (Å²) in [5, 5.41) is 2.69. The molecule has 172 valence electrons. The molecule has 0 aliphatic rings. The molecule has 0 saturated heterocycles. The average molecular weight is 467 g/mol. The Hall–Kier alpha value is -3.65. The molecule has 1 unspecified atom stereocenters. The molecular weight excluding hydrogens is 440 g/mol. The van der Waals surface area contributed by atoms with Crippen LogP contribution in [0.3, 0.4) is 0 Å². The molecule has 8 heteroatoms. The summed E-state index contributed by atoms with van der Waals surface area (Å²) in [7, 11) is -3.79. The zero-order valence-corrected chi connectivity index (χ0v) is 19.3. The second-order valence-electron chi connectivity index (χ2n) is 7.55. The summed E-state index contributed by atoms with van der Waals surface area (Å²) >= 11 is 0. The number of nitrogens with one attached hydrogen (secondary N) is 2. The van der Waals surface area contributed by atoms with Crippen molar-refractivity contribution in [1.29, 1.82) is 0 Å². The van der Waals surface area contributed by atoms with Gasteiger partial charge in [-0.25, -0.2) is 13.2 Å². The number of esters is 1. The lowest BCUT2D eigenvalue weighted by Crippen LogP contribution is -2.21. The van der Waals surface area contributed by atoms with E-state index in [4.69, 9.17) is 4.74 Å². The Labute approximate surface area is 193 Å². The van der Waals surface area contributed by atoms with Gasteiger partial charge in [0.15, 0.2) is 6.61 Å². The smallest absolute Gasteiger partial charge is 0.338 e. The van der Waals surface area contributed by atoms with Crippen molar-refractivity contribution in [2.24, 2.45) is 0 Å². The number of hydrogen-bond donors (Lipinski definition) is 2. The summed E-state index contributed by atoms with van der Waals surface area (Å²) in [5.41, 5.74) is 2.12. The number of amides is 1. The Balaban J connectivity index is 1.57. The molecule has 0 spiro atoms. The van der Waals surface area contributed by atoms with Crippen LogP contribution in [0, 0.1) is 0 Å². The Morgan fingerprint density at radius 1 is 0.909 bits per heavy atom.